The molecule has 0 aromatic rings. The van der Waals surface area contributed by atoms with Gasteiger partial charge in [0.15, 0.2) is 0 Å². The first-order valence-corrected chi connectivity index (χ1v) is 8.10. The Morgan fingerprint density at radius 1 is 0.667 bits per heavy atom. The standard InChI is InChI=1S/C5H12.C4H10.C3H8.2C2H6.C2H4/c1-4-5(2)3;1-3-4-2;1-3-2;3*1-2/h5H,4H2,1-3H3;3-4H2,1-2H3;3H2,1-2H3;2*1-2H3;1-2H2. The summed E-state index contributed by atoms with van der Waals surface area (Å²) >= 11 is 0. The Balaban J connectivity index is -0.0000000253. The second-order valence-electron chi connectivity index (χ2n) is 3.51. The molecule has 0 N–H and O–H groups in total. The SMILES string of the molecule is C=C.CC.CC.CCC.CCC(C)C.CCCC. The number of hydrogen-bond acceptors (Lipinski definition) is 0. The van der Waals surface area contributed by atoms with E-state index in [4.69, 9.17) is 0 Å². The molecule has 0 rings (SSSR count). The molecule has 0 fully saturated rings. The highest BCUT2D eigenvalue weighted by atomic mass is 13.9. The van der Waals surface area contributed by atoms with E-state index in [1.165, 1.54) is 25.7 Å². The number of hydrogen-bond donors (Lipinski definition) is 0. The van der Waals surface area contributed by atoms with Crippen molar-refractivity contribution >= 4 is 0 Å². The van der Waals surface area contributed by atoms with Crippen LogP contribution in [0, 0.1) is 5.92 Å². The Hall–Kier alpha value is -0.260. The van der Waals surface area contributed by atoms with Crippen LogP contribution in [-0.2, 0) is 0 Å². The Bertz CT molecular complexity index is 44.0. The molecule has 0 spiro atoms. The van der Waals surface area contributed by atoms with Gasteiger partial charge in [-0.3, -0.25) is 0 Å². The minimum atomic E-state index is 0.884. The van der Waals surface area contributed by atoms with Crippen molar-refractivity contribution in [3.63, 3.8) is 0 Å². The molecule has 0 aromatic carbocycles. The molecule has 0 aliphatic carbocycles. The molecule has 118 valence electrons. The van der Waals surface area contributed by atoms with E-state index >= 15 is 0 Å². The van der Waals surface area contributed by atoms with Crippen LogP contribution in [0.1, 0.15) is 102 Å². The summed E-state index contributed by atoms with van der Waals surface area (Å²) in [5, 5.41) is 0. The molecule has 0 aromatic heterocycles. The van der Waals surface area contributed by atoms with Crippen molar-refractivity contribution in [3.8, 4) is 0 Å². The van der Waals surface area contributed by atoms with Crippen molar-refractivity contribution in [1.29, 1.82) is 0 Å². The molecule has 18 heavy (non-hydrogen) atoms. The lowest BCUT2D eigenvalue weighted by Gasteiger charge is -1.90. The smallest absolute Gasteiger partial charge is 0.0474 e. The predicted octanol–water partition coefficient (Wildman–Crippen LogP) is 8.13. The first-order chi connectivity index (χ1) is 8.60. The molecule has 0 atom stereocenters. The van der Waals surface area contributed by atoms with Gasteiger partial charge >= 0.3 is 0 Å². The van der Waals surface area contributed by atoms with Crippen LogP contribution in [0.3, 0.4) is 0 Å². The van der Waals surface area contributed by atoms with E-state index in [1.54, 1.807) is 0 Å². The summed E-state index contributed by atoms with van der Waals surface area (Å²) in [5.74, 6) is 0.884. The van der Waals surface area contributed by atoms with Gasteiger partial charge in [0.05, 0.1) is 0 Å². The summed E-state index contributed by atoms with van der Waals surface area (Å²) in [6.45, 7) is 29.3. The number of unbranched alkanes of at least 4 members (excludes halogenated alkanes) is 1. The highest BCUT2D eigenvalue weighted by molar-refractivity contribution is 4.32. The van der Waals surface area contributed by atoms with Gasteiger partial charge < -0.3 is 0 Å². The zero-order valence-electron chi connectivity index (χ0n) is 15.8. The van der Waals surface area contributed by atoms with Crippen molar-refractivity contribution < 1.29 is 0 Å². The lowest BCUT2D eigenvalue weighted by atomic mass is 10.2. The van der Waals surface area contributed by atoms with Gasteiger partial charge in [-0.25, -0.2) is 0 Å². The van der Waals surface area contributed by atoms with E-state index in [0.29, 0.717) is 0 Å². The van der Waals surface area contributed by atoms with Gasteiger partial charge in [0.25, 0.3) is 0 Å². The third kappa shape index (κ3) is 456. The highest BCUT2D eigenvalue weighted by Crippen LogP contribution is 1.93. The van der Waals surface area contributed by atoms with E-state index in [-0.39, 0.29) is 0 Å². The second kappa shape index (κ2) is 91.3. The van der Waals surface area contributed by atoms with Gasteiger partial charge in [-0.15, -0.1) is 13.2 Å². The van der Waals surface area contributed by atoms with Gasteiger partial charge in [0.1, 0.15) is 0 Å². The van der Waals surface area contributed by atoms with Crippen LogP contribution >= 0.6 is 0 Å². The lowest BCUT2D eigenvalue weighted by Crippen LogP contribution is -1.77. The Morgan fingerprint density at radius 3 is 0.778 bits per heavy atom. The highest BCUT2D eigenvalue weighted by Gasteiger charge is 1.80. The zero-order valence-corrected chi connectivity index (χ0v) is 15.8. The first-order valence-electron chi connectivity index (χ1n) is 8.10. The molecular formula is C18H46. The van der Waals surface area contributed by atoms with E-state index in [9.17, 15) is 0 Å². The molecule has 0 radical (unpaired) electrons. The minimum Gasteiger partial charge on any atom is -0.106 e. The van der Waals surface area contributed by atoms with Gasteiger partial charge in [-0.05, 0) is 5.92 Å². The molecule has 0 unspecified atom stereocenters. The van der Waals surface area contributed by atoms with Crippen LogP contribution in [0.2, 0.25) is 0 Å². The van der Waals surface area contributed by atoms with Crippen molar-refractivity contribution in [3.05, 3.63) is 13.2 Å². The third-order valence-corrected chi connectivity index (χ3v) is 1.32. The molecule has 0 aliphatic heterocycles. The summed E-state index contributed by atoms with van der Waals surface area (Å²) in [7, 11) is 0. The Kier molecular flexibility index (Phi) is 183. The van der Waals surface area contributed by atoms with Gasteiger partial charge in [0.2, 0.25) is 0 Å². The van der Waals surface area contributed by atoms with Crippen molar-refractivity contribution in [1.82, 2.24) is 0 Å². The summed E-state index contributed by atoms with van der Waals surface area (Å²) < 4.78 is 0. The maximum Gasteiger partial charge on any atom is -0.0474 e. The van der Waals surface area contributed by atoms with Crippen LogP contribution in [0.15, 0.2) is 13.2 Å². The largest absolute Gasteiger partial charge is 0.106 e. The van der Waals surface area contributed by atoms with Crippen molar-refractivity contribution in [2.75, 3.05) is 0 Å². The Labute approximate surface area is 121 Å². The normalized spacial score (nSPS) is 6.22. The van der Waals surface area contributed by atoms with Gasteiger partial charge in [-0.1, -0.05) is 102 Å². The van der Waals surface area contributed by atoms with E-state index in [1.807, 2.05) is 27.7 Å². The van der Waals surface area contributed by atoms with E-state index < -0.39 is 0 Å². The van der Waals surface area contributed by atoms with E-state index in [0.717, 1.165) is 5.92 Å². The van der Waals surface area contributed by atoms with Crippen LogP contribution in [0.5, 0.6) is 0 Å². The fraction of sp³-hybridized carbons (Fsp3) is 0.889. The molecule has 0 saturated carbocycles. The molecule has 0 heteroatoms. The summed E-state index contributed by atoms with van der Waals surface area (Å²) in [4.78, 5) is 0. The molecule has 0 heterocycles. The fourth-order valence-electron chi connectivity index (χ4n) is 0. The molecule has 0 bridgehead atoms. The van der Waals surface area contributed by atoms with Crippen LogP contribution in [0.4, 0.5) is 0 Å². The molecule has 0 nitrogen and oxygen atoms in total. The Morgan fingerprint density at radius 2 is 0.778 bits per heavy atom. The van der Waals surface area contributed by atoms with Crippen molar-refractivity contribution in [2.45, 2.75) is 102 Å². The first kappa shape index (κ1) is 36.1. The van der Waals surface area contributed by atoms with Crippen molar-refractivity contribution in [2.24, 2.45) is 5.92 Å². The second-order valence-corrected chi connectivity index (χ2v) is 3.51. The summed E-state index contributed by atoms with van der Waals surface area (Å²) in [5.41, 5.74) is 0. The average molecular weight is 263 g/mol. The third-order valence-electron chi connectivity index (χ3n) is 1.32. The van der Waals surface area contributed by atoms with Crippen LogP contribution in [0.25, 0.3) is 0 Å². The summed E-state index contributed by atoms with van der Waals surface area (Å²) in [6, 6.07) is 0. The average Bonchev–Trinajstić information content (AvgIpc) is 2.46. The molecule has 0 aliphatic rings. The minimum absolute atomic E-state index is 0.884. The zero-order chi connectivity index (χ0) is 16.4. The lowest BCUT2D eigenvalue weighted by molar-refractivity contribution is 0.626. The molecular weight excluding hydrogens is 216 g/mol. The number of rotatable bonds is 2. The van der Waals surface area contributed by atoms with E-state index in [2.05, 4.69) is 61.6 Å². The molecule has 0 saturated heterocycles. The predicted molar refractivity (Wildman–Crippen MR) is 95.6 cm³/mol. The monoisotopic (exact) mass is 262 g/mol. The van der Waals surface area contributed by atoms with Gasteiger partial charge in [-0.2, -0.15) is 0 Å². The summed E-state index contributed by atoms with van der Waals surface area (Å²) in [6.07, 6.45) is 5.19. The fourth-order valence-corrected chi connectivity index (χ4v) is 0. The van der Waals surface area contributed by atoms with Crippen LogP contribution in [-0.4, -0.2) is 0 Å². The molecule has 0 amide bonds. The topological polar surface area (TPSA) is 0 Å². The van der Waals surface area contributed by atoms with Gasteiger partial charge in [0, 0.05) is 0 Å². The quantitative estimate of drug-likeness (QED) is 0.441. The maximum atomic E-state index is 3.00. The van der Waals surface area contributed by atoms with Crippen LogP contribution < -0.4 is 0 Å². The maximum absolute atomic E-state index is 3.00.